The summed E-state index contributed by atoms with van der Waals surface area (Å²) < 4.78 is 5.48. The highest BCUT2D eigenvalue weighted by Gasteiger charge is 2.29. The van der Waals surface area contributed by atoms with Crippen LogP contribution < -0.4 is 0 Å². The van der Waals surface area contributed by atoms with Crippen LogP contribution in [0.5, 0.6) is 0 Å². The molecule has 1 aliphatic heterocycles. The van der Waals surface area contributed by atoms with E-state index in [1.165, 1.54) is 0 Å². The van der Waals surface area contributed by atoms with Crippen LogP contribution in [0.25, 0.3) is 11.0 Å². The minimum Gasteiger partial charge on any atom is -0.444 e. The van der Waals surface area contributed by atoms with Gasteiger partial charge in [-0.3, -0.25) is 0 Å². The van der Waals surface area contributed by atoms with Gasteiger partial charge in [-0.15, -0.1) is 0 Å². The molecule has 0 radical (unpaired) electrons. The molecule has 0 spiro atoms. The molecule has 0 unspecified atom stereocenters. The second-order valence-electron chi connectivity index (χ2n) is 6.90. The zero-order chi connectivity index (χ0) is 15.7. The summed E-state index contributed by atoms with van der Waals surface area (Å²) in [5, 5.41) is 0. The monoisotopic (exact) mass is 301 g/mol. The molecule has 1 fully saturated rings. The molecular weight excluding hydrogens is 278 g/mol. The summed E-state index contributed by atoms with van der Waals surface area (Å²) in [6.45, 7) is 7.10. The number of carbonyl (C=O) groups excluding carboxylic acids is 1. The number of ether oxygens (including phenoxy) is 1. The predicted molar refractivity (Wildman–Crippen MR) is 85.9 cm³/mol. The van der Waals surface area contributed by atoms with Crippen LogP contribution in [0.2, 0.25) is 0 Å². The second-order valence-corrected chi connectivity index (χ2v) is 6.90. The predicted octanol–water partition coefficient (Wildman–Crippen LogP) is 3.68. The number of carbonyl (C=O) groups is 1. The van der Waals surface area contributed by atoms with E-state index in [9.17, 15) is 4.79 Å². The molecular formula is C17H23N3O2. The number of H-pyrrole nitrogens is 1. The maximum atomic E-state index is 12.2. The number of amides is 1. The fourth-order valence-corrected chi connectivity index (χ4v) is 2.86. The summed E-state index contributed by atoms with van der Waals surface area (Å²) in [6, 6.07) is 8.02. The van der Waals surface area contributed by atoms with Gasteiger partial charge in [0.05, 0.1) is 11.0 Å². The average molecular weight is 301 g/mol. The van der Waals surface area contributed by atoms with Crippen molar-refractivity contribution in [3.8, 4) is 0 Å². The van der Waals surface area contributed by atoms with Gasteiger partial charge in [0.15, 0.2) is 0 Å². The minimum atomic E-state index is -0.455. The van der Waals surface area contributed by atoms with Crippen molar-refractivity contribution in [2.45, 2.75) is 45.1 Å². The zero-order valence-electron chi connectivity index (χ0n) is 13.4. The number of imidazole rings is 1. The molecule has 22 heavy (non-hydrogen) atoms. The number of para-hydroxylation sites is 2. The number of rotatable bonds is 1. The van der Waals surface area contributed by atoms with Crippen molar-refractivity contribution in [1.82, 2.24) is 14.9 Å². The molecule has 5 heteroatoms. The Morgan fingerprint density at radius 3 is 2.86 bits per heavy atom. The quantitative estimate of drug-likeness (QED) is 0.874. The number of fused-ring (bicyclic) bond motifs is 1. The van der Waals surface area contributed by atoms with Crippen molar-refractivity contribution < 1.29 is 9.53 Å². The first kappa shape index (κ1) is 14.9. The maximum Gasteiger partial charge on any atom is 0.410 e. The fourth-order valence-electron chi connectivity index (χ4n) is 2.86. The number of nitrogens with one attached hydrogen (secondary N) is 1. The molecule has 1 atom stereocenters. The SMILES string of the molecule is CC(C)(C)OC(=O)N1CCC[C@H](c2nc3ccccc3[nH]2)C1. The van der Waals surface area contributed by atoms with Gasteiger partial charge >= 0.3 is 6.09 Å². The van der Waals surface area contributed by atoms with Crippen molar-refractivity contribution in [2.75, 3.05) is 13.1 Å². The molecule has 2 heterocycles. The molecule has 1 aromatic heterocycles. The molecule has 1 N–H and O–H groups in total. The molecule has 0 bridgehead atoms. The molecule has 2 aromatic rings. The molecule has 3 rings (SSSR count). The number of aromatic nitrogens is 2. The van der Waals surface area contributed by atoms with E-state index in [2.05, 4.69) is 9.97 Å². The van der Waals surface area contributed by atoms with Gasteiger partial charge in [0.2, 0.25) is 0 Å². The molecule has 1 amide bonds. The van der Waals surface area contributed by atoms with E-state index < -0.39 is 5.60 Å². The van der Waals surface area contributed by atoms with Crippen molar-refractivity contribution in [3.63, 3.8) is 0 Å². The van der Waals surface area contributed by atoms with E-state index in [1.807, 2.05) is 45.0 Å². The van der Waals surface area contributed by atoms with Crippen molar-refractivity contribution in [1.29, 1.82) is 0 Å². The van der Waals surface area contributed by atoms with E-state index >= 15 is 0 Å². The normalized spacial score (nSPS) is 19.4. The van der Waals surface area contributed by atoms with Crippen LogP contribution in [-0.4, -0.2) is 39.7 Å². The smallest absolute Gasteiger partial charge is 0.410 e. The van der Waals surface area contributed by atoms with Crippen LogP contribution in [0.3, 0.4) is 0 Å². The first-order valence-electron chi connectivity index (χ1n) is 7.85. The molecule has 118 valence electrons. The van der Waals surface area contributed by atoms with Crippen molar-refractivity contribution >= 4 is 17.1 Å². The first-order chi connectivity index (χ1) is 10.4. The number of likely N-dealkylation sites (tertiary alicyclic amines) is 1. The summed E-state index contributed by atoms with van der Waals surface area (Å²) in [6.07, 6.45) is 1.79. The molecule has 1 aliphatic rings. The summed E-state index contributed by atoms with van der Waals surface area (Å²) in [4.78, 5) is 22.1. The zero-order valence-corrected chi connectivity index (χ0v) is 13.4. The Bertz CT molecular complexity index is 639. The molecule has 5 nitrogen and oxygen atoms in total. The number of hydrogen-bond acceptors (Lipinski definition) is 3. The van der Waals surface area contributed by atoms with Crippen LogP contribution in [0.4, 0.5) is 4.79 Å². The largest absolute Gasteiger partial charge is 0.444 e. The summed E-state index contributed by atoms with van der Waals surface area (Å²) in [5.74, 6) is 1.21. The Balaban J connectivity index is 1.74. The molecule has 1 saturated heterocycles. The Labute approximate surface area is 130 Å². The maximum absolute atomic E-state index is 12.2. The summed E-state index contributed by atoms with van der Waals surface area (Å²) >= 11 is 0. The highest BCUT2D eigenvalue weighted by molar-refractivity contribution is 5.75. The Kier molecular flexibility index (Phi) is 3.81. The third-order valence-electron chi connectivity index (χ3n) is 3.87. The molecule has 0 aliphatic carbocycles. The number of nitrogens with zero attached hydrogens (tertiary/aromatic N) is 2. The van der Waals surface area contributed by atoms with Crippen molar-refractivity contribution in [3.05, 3.63) is 30.1 Å². The van der Waals surface area contributed by atoms with E-state index in [0.29, 0.717) is 6.54 Å². The fraction of sp³-hybridized carbons (Fsp3) is 0.529. The third kappa shape index (κ3) is 3.24. The lowest BCUT2D eigenvalue weighted by Crippen LogP contribution is -2.42. The lowest BCUT2D eigenvalue weighted by Gasteiger charge is -2.33. The summed E-state index contributed by atoms with van der Waals surface area (Å²) in [5.41, 5.74) is 1.57. The van der Waals surface area contributed by atoms with Crippen LogP contribution in [0, 0.1) is 0 Å². The lowest BCUT2D eigenvalue weighted by atomic mass is 9.98. The average Bonchev–Trinajstić information content (AvgIpc) is 2.89. The Morgan fingerprint density at radius 2 is 2.14 bits per heavy atom. The minimum absolute atomic E-state index is 0.228. The van der Waals surface area contributed by atoms with E-state index in [1.54, 1.807) is 4.90 Å². The van der Waals surface area contributed by atoms with Gasteiger partial charge < -0.3 is 14.6 Å². The van der Waals surface area contributed by atoms with Crippen LogP contribution in [0.15, 0.2) is 24.3 Å². The van der Waals surface area contributed by atoms with Crippen LogP contribution >= 0.6 is 0 Å². The highest BCUT2D eigenvalue weighted by atomic mass is 16.6. The first-order valence-corrected chi connectivity index (χ1v) is 7.85. The lowest BCUT2D eigenvalue weighted by molar-refractivity contribution is 0.0196. The van der Waals surface area contributed by atoms with Gasteiger partial charge in [0.1, 0.15) is 11.4 Å². The van der Waals surface area contributed by atoms with Gasteiger partial charge in [-0.1, -0.05) is 12.1 Å². The van der Waals surface area contributed by atoms with Crippen molar-refractivity contribution in [2.24, 2.45) is 0 Å². The van der Waals surface area contributed by atoms with E-state index in [-0.39, 0.29) is 12.0 Å². The van der Waals surface area contributed by atoms with Crippen LogP contribution in [-0.2, 0) is 4.74 Å². The summed E-state index contributed by atoms with van der Waals surface area (Å²) in [7, 11) is 0. The number of aromatic amines is 1. The highest BCUT2D eigenvalue weighted by Crippen LogP contribution is 2.27. The van der Waals surface area contributed by atoms with Gasteiger partial charge in [0, 0.05) is 19.0 Å². The standard InChI is InChI=1S/C17H23N3O2/c1-17(2,3)22-16(21)20-10-6-7-12(11-20)15-18-13-8-4-5-9-14(13)19-15/h4-5,8-9,12H,6-7,10-11H2,1-3H3,(H,18,19)/t12-/m0/s1. The van der Waals surface area contributed by atoms with Gasteiger partial charge in [-0.25, -0.2) is 9.78 Å². The van der Waals surface area contributed by atoms with Gasteiger partial charge in [-0.2, -0.15) is 0 Å². The van der Waals surface area contributed by atoms with E-state index in [0.717, 1.165) is 36.2 Å². The number of piperidine rings is 1. The Morgan fingerprint density at radius 1 is 1.36 bits per heavy atom. The molecule has 0 saturated carbocycles. The number of hydrogen-bond donors (Lipinski definition) is 1. The van der Waals surface area contributed by atoms with Gasteiger partial charge in [-0.05, 0) is 45.7 Å². The third-order valence-corrected chi connectivity index (χ3v) is 3.87. The Hall–Kier alpha value is -2.04. The topological polar surface area (TPSA) is 58.2 Å². The second kappa shape index (κ2) is 5.63. The van der Waals surface area contributed by atoms with Gasteiger partial charge in [0.25, 0.3) is 0 Å². The molecule has 1 aromatic carbocycles. The van der Waals surface area contributed by atoms with Crippen LogP contribution in [0.1, 0.15) is 45.4 Å². The number of benzene rings is 1. The van der Waals surface area contributed by atoms with E-state index in [4.69, 9.17) is 4.74 Å².